The number of carbonyl (C=O) groups excluding carboxylic acids is 1. The first-order chi connectivity index (χ1) is 23.6. The smallest absolute Gasteiger partial charge is 0.407 e. The van der Waals surface area contributed by atoms with Gasteiger partial charge >= 0.3 is 11.8 Å². The van der Waals surface area contributed by atoms with Crippen LogP contribution < -0.4 is 27.0 Å². The van der Waals surface area contributed by atoms with Gasteiger partial charge in [-0.15, -0.1) is 5.92 Å². The molecule has 0 radical (unpaired) electrons. The third kappa shape index (κ3) is 8.39. The van der Waals surface area contributed by atoms with Gasteiger partial charge in [-0.1, -0.05) is 31.6 Å². The van der Waals surface area contributed by atoms with Crippen LogP contribution in [-0.2, 0) is 36.3 Å². The van der Waals surface area contributed by atoms with Crippen LogP contribution in [0.1, 0.15) is 46.1 Å². The Morgan fingerprint density at radius 3 is 2.54 bits per heavy atom. The average molecular weight is 704 g/mol. The molecule has 1 saturated heterocycles. The summed E-state index contributed by atoms with van der Waals surface area (Å²) in [4.78, 5) is 60.0. The second-order valence-corrected chi connectivity index (χ2v) is 20.7. The van der Waals surface area contributed by atoms with Gasteiger partial charge in [-0.3, -0.25) is 27.9 Å². The fourth-order valence-electron chi connectivity index (χ4n) is 6.10. The van der Waals surface area contributed by atoms with Crippen molar-refractivity contribution in [3.05, 3.63) is 67.1 Å². The lowest BCUT2D eigenvalue weighted by Crippen LogP contribution is -2.49. The van der Waals surface area contributed by atoms with Crippen LogP contribution in [0.2, 0.25) is 25.7 Å². The van der Waals surface area contributed by atoms with Gasteiger partial charge < -0.3 is 19.7 Å². The number of anilines is 1. The van der Waals surface area contributed by atoms with E-state index in [4.69, 9.17) is 14.5 Å². The van der Waals surface area contributed by atoms with Crippen LogP contribution in [0.4, 0.5) is 10.7 Å². The number of aryl methyl sites for hydroxylation is 1. The molecule has 50 heavy (non-hydrogen) atoms. The monoisotopic (exact) mass is 703 g/mol. The van der Waals surface area contributed by atoms with Gasteiger partial charge in [0.1, 0.15) is 12.3 Å². The molecule has 0 bridgehead atoms. The fourth-order valence-corrected chi connectivity index (χ4v) is 6.86. The highest BCUT2D eigenvalue weighted by molar-refractivity contribution is 6.76. The number of carbonyl (C=O) groups is 1. The van der Waals surface area contributed by atoms with Crippen molar-refractivity contribution >= 4 is 42.2 Å². The molecule has 13 nitrogen and oxygen atoms in total. The van der Waals surface area contributed by atoms with Crippen molar-refractivity contribution in [2.75, 3.05) is 24.6 Å². The van der Waals surface area contributed by atoms with Gasteiger partial charge in [0.2, 0.25) is 5.95 Å². The number of nitrogens with one attached hydrogen (secondary N) is 1. The molecule has 1 amide bonds. The lowest BCUT2D eigenvalue weighted by Gasteiger charge is -2.34. The van der Waals surface area contributed by atoms with E-state index in [-0.39, 0.29) is 42.6 Å². The van der Waals surface area contributed by atoms with Crippen LogP contribution in [-0.4, -0.2) is 68.8 Å². The average Bonchev–Trinajstić information content (AvgIpc) is 3.42. The van der Waals surface area contributed by atoms with Crippen LogP contribution in [0.25, 0.3) is 22.1 Å². The molecule has 1 aliphatic rings. The Balaban J connectivity index is 1.47. The third-order valence-corrected chi connectivity index (χ3v) is 10.4. The van der Waals surface area contributed by atoms with Crippen LogP contribution in [0.5, 0.6) is 0 Å². The van der Waals surface area contributed by atoms with Crippen molar-refractivity contribution in [2.45, 2.75) is 97.7 Å². The van der Waals surface area contributed by atoms with Crippen molar-refractivity contribution < 1.29 is 14.3 Å². The summed E-state index contributed by atoms with van der Waals surface area (Å²) in [6, 6.07) is 9.62. The van der Waals surface area contributed by atoms with Crippen molar-refractivity contribution in [2.24, 2.45) is 7.05 Å². The van der Waals surface area contributed by atoms with E-state index in [1.165, 1.54) is 15.2 Å². The van der Waals surface area contributed by atoms with Gasteiger partial charge in [0.25, 0.3) is 11.1 Å². The molecule has 1 aliphatic heterocycles. The molecule has 5 rings (SSSR count). The Morgan fingerprint density at radius 2 is 1.84 bits per heavy atom. The first kappa shape index (κ1) is 36.7. The summed E-state index contributed by atoms with van der Waals surface area (Å²) in [6.45, 7) is 16.1. The molecule has 1 N–H and O–H groups in total. The highest BCUT2D eigenvalue weighted by Gasteiger charge is 2.29. The summed E-state index contributed by atoms with van der Waals surface area (Å²) in [5.74, 6) is 6.48. The standard InChI is InChI=1S/C36H49N7O6Si/c1-9-10-18-41-30-31(38-33(41)40-17-11-12-27(23-40)37-34(46)49-36(2,3)4)39(5)35(47)42(32(30)45)22-25-13-15-28-26(21-25)14-16-29(44)43(28)24-48-19-20-50(6,7)8/h13-16,21,27H,11-12,17-20,22-24H2,1-8H3,(H,37,46). The van der Waals surface area contributed by atoms with E-state index in [2.05, 4.69) is 36.8 Å². The maximum atomic E-state index is 14.2. The van der Waals surface area contributed by atoms with Gasteiger partial charge in [0, 0.05) is 46.9 Å². The molecule has 14 heteroatoms. The summed E-state index contributed by atoms with van der Waals surface area (Å²) in [6.07, 6.45) is 1.07. The number of ether oxygens (including phenoxy) is 2. The largest absolute Gasteiger partial charge is 0.444 e. The van der Waals surface area contributed by atoms with Crippen LogP contribution in [0.15, 0.2) is 44.7 Å². The molecule has 0 saturated carbocycles. The van der Waals surface area contributed by atoms with Crippen molar-refractivity contribution in [1.29, 1.82) is 0 Å². The fraction of sp³-hybridized carbons (Fsp3) is 0.528. The predicted octanol–water partition coefficient (Wildman–Crippen LogP) is 4.09. The van der Waals surface area contributed by atoms with E-state index >= 15 is 0 Å². The normalized spacial score (nSPS) is 15.3. The molecule has 1 aromatic carbocycles. The van der Waals surface area contributed by atoms with Gasteiger partial charge in [-0.25, -0.2) is 9.59 Å². The zero-order chi connectivity index (χ0) is 36.4. The minimum absolute atomic E-state index is 0.0226. The number of alkyl carbamates (subject to hydrolysis) is 1. The van der Waals surface area contributed by atoms with Gasteiger partial charge in [-0.05, 0) is 75.7 Å². The number of aromatic nitrogens is 5. The second kappa shape index (κ2) is 14.7. The number of hydrogen-bond donors (Lipinski definition) is 1. The van der Waals surface area contributed by atoms with Crippen molar-refractivity contribution in [1.82, 2.24) is 28.6 Å². The van der Waals surface area contributed by atoms with E-state index in [1.54, 1.807) is 29.2 Å². The Kier molecular flexibility index (Phi) is 10.8. The number of benzene rings is 1. The number of pyridine rings is 1. The summed E-state index contributed by atoms with van der Waals surface area (Å²) in [5, 5.41) is 3.76. The van der Waals surface area contributed by atoms with Crippen molar-refractivity contribution in [3.63, 3.8) is 0 Å². The first-order valence-corrected chi connectivity index (χ1v) is 20.8. The molecule has 268 valence electrons. The van der Waals surface area contributed by atoms with E-state index in [0.717, 1.165) is 29.8 Å². The lowest BCUT2D eigenvalue weighted by atomic mass is 10.1. The molecule has 4 aromatic rings. The van der Waals surface area contributed by atoms with E-state index < -0.39 is 31.0 Å². The molecule has 4 heterocycles. The Morgan fingerprint density at radius 1 is 1.08 bits per heavy atom. The maximum Gasteiger partial charge on any atom is 0.407 e. The van der Waals surface area contributed by atoms with Gasteiger partial charge in [0.15, 0.2) is 11.2 Å². The summed E-state index contributed by atoms with van der Waals surface area (Å²) < 4.78 is 17.3. The summed E-state index contributed by atoms with van der Waals surface area (Å²) >= 11 is 0. The molecule has 1 unspecified atom stereocenters. The zero-order valence-electron chi connectivity index (χ0n) is 30.5. The quantitative estimate of drug-likeness (QED) is 0.148. The highest BCUT2D eigenvalue weighted by Crippen LogP contribution is 2.24. The molecule has 1 fully saturated rings. The highest BCUT2D eigenvalue weighted by atomic mass is 28.3. The van der Waals surface area contributed by atoms with Gasteiger partial charge in [-0.2, -0.15) is 4.98 Å². The lowest BCUT2D eigenvalue weighted by molar-refractivity contribution is 0.0499. The molecule has 1 atom stereocenters. The number of rotatable bonds is 10. The van der Waals surface area contributed by atoms with Crippen LogP contribution >= 0.6 is 0 Å². The van der Waals surface area contributed by atoms with Gasteiger partial charge in [0.05, 0.1) is 18.6 Å². The summed E-state index contributed by atoms with van der Waals surface area (Å²) in [5.41, 5.74) is 0.242. The number of nitrogens with zero attached hydrogens (tertiary/aromatic N) is 6. The Bertz CT molecular complexity index is 2140. The number of hydrogen-bond acceptors (Lipinski definition) is 8. The topological polar surface area (TPSA) is 135 Å². The number of amides is 1. The van der Waals surface area contributed by atoms with Crippen molar-refractivity contribution in [3.8, 4) is 11.8 Å². The molecule has 3 aromatic heterocycles. The second-order valence-electron chi connectivity index (χ2n) is 15.1. The minimum Gasteiger partial charge on any atom is -0.444 e. The zero-order valence-corrected chi connectivity index (χ0v) is 31.5. The molecular formula is C36H49N7O6Si. The van der Waals surface area contributed by atoms with E-state index in [9.17, 15) is 19.2 Å². The Hall–Kier alpha value is -4.61. The minimum atomic E-state index is -1.27. The summed E-state index contributed by atoms with van der Waals surface area (Å²) in [7, 11) is 0.338. The number of imidazole rings is 1. The first-order valence-electron chi connectivity index (χ1n) is 17.1. The number of fused-ring (bicyclic) bond motifs is 2. The number of piperidine rings is 1. The SMILES string of the molecule is CC#CCn1c(N2CCCC(NC(=O)OC(C)(C)C)C2)nc2c1c(=O)n(Cc1ccc3c(ccc(=O)n3COCC[Si](C)(C)C)c1)c(=O)n2C. The molecular weight excluding hydrogens is 655 g/mol. The maximum absolute atomic E-state index is 14.2. The molecule has 0 aliphatic carbocycles. The Labute approximate surface area is 292 Å². The van der Waals surface area contributed by atoms with E-state index in [0.29, 0.717) is 31.2 Å². The molecule has 0 spiro atoms. The third-order valence-electron chi connectivity index (χ3n) is 8.66. The van der Waals surface area contributed by atoms with Crippen LogP contribution in [0.3, 0.4) is 0 Å². The van der Waals surface area contributed by atoms with Crippen LogP contribution in [0, 0.1) is 11.8 Å². The van der Waals surface area contributed by atoms with E-state index in [1.807, 2.05) is 43.9 Å². The predicted molar refractivity (Wildman–Crippen MR) is 199 cm³/mol.